The molecule has 1 heterocycles. The van der Waals surface area contributed by atoms with Gasteiger partial charge in [0.25, 0.3) is 0 Å². The first-order valence-electron chi connectivity index (χ1n) is 3.80. The highest BCUT2D eigenvalue weighted by atomic mass is 15.2. The molecule has 0 saturated heterocycles. The Hall–Kier alpha value is -1.13. The molecule has 1 aromatic rings. The van der Waals surface area contributed by atoms with E-state index in [0.717, 1.165) is 11.4 Å². The highest BCUT2D eigenvalue weighted by Gasteiger charge is 2.02. The summed E-state index contributed by atoms with van der Waals surface area (Å²) in [6.45, 7) is 0.640. The van der Waals surface area contributed by atoms with Gasteiger partial charge in [0.15, 0.2) is 0 Å². The zero-order chi connectivity index (χ0) is 8.97. The van der Waals surface area contributed by atoms with Gasteiger partial charge in [-0.1, -0.05) is 6.07 Å². The van der Waals surface area contributed by atoms with Crippen LogP contribution in [-0.4, -0.2) is 19.1 Å². The highest BCUT2D eigenvalue weighted by molar-refractivity contribution is 5.44. The second kappa shape index (κ2) is 4.04. The van der Waals surface area contributed by atoms with E-state index in [9.17, 15) is 0 Å². The smallest absolute Gasteiger partial charge is 0.132 e. The second-order valence-electron chi connectivity index (χ2n) is 2.76. The minimum atomic E-state index is 0.640. The molecule has 0 amide bonds. The highest BCUT2D eigenvalue weighted by Crippen LogP contribution is 2.12. The van der Waals surface area contributed by atoms with Crippen molar-refractivity contribution in [3.63, 3.8) is 0 Å². The third-order valence-electron chi connectivity index (χ3n) is 1.58. The average molecular weight is 166 g/mol. The van der Waals surface area contributed by atoms with Crippen molar-refractivity contribution >= 4 is 5.82 Å². The summed E-state index contributed by atoms with van der Waals surface area (Å²) < 4.78 is 0. The van der Waals surface area contributed by atoms with Crippen molar-refractivity contribution in [1.29, 1.82) is 0 Å². The van der Waals surface area contributed by atoms with Crippen LogP contribution in [0.2, 0.25) is 0 Å². The van der Waals surface area contributed by atoms with Gasteiger partial charge in [-0.05, 0) is 6.07 Å². The number of anilines is 1. The minimum absolute atomic E-state index is 0.640. The largest absolute Gasteiger partial charge is 0.362 e. The van der Waals surface area contributed by atoms with E-state index in [-0.39, 0.29) is 0 Å². The van der Waals surface area contributed by atoms with Crippen LogP contribution >= 0.6 is 0 Å². The van der Waals surface area contributed by atoms with Crippen molar-refractivity contribution in [3.8, 4) is 0 Å². The molecule has 66 valence electrons. The van der Waals surface area contributed by atoms with E-state index in [1.165, 1.54) is 0 Å². The molecule has 0 aromatic carbocycles. The van der Waals surface area contributed by atoms with Gasteiger partial charge in [-0.15, -0.1) is 0 Å². The SMILES string of the molecule is CN(C)c1ncccc1CNN. The van der Waals surface area contributed by atoms with Crippen LogP contribution in [0.15, 0.2) is 18.3 Å². The van der Waals surface area contributed by atoms with Crippen LogP contribution in [0.1, 0.15) is 5.56 Å². The molecule has 12 heavy (non-hydrogen) atoms. The zero-order valence-electron chi connectivity index (χ0n) is 7.41. The number of aromatic nitrogens is 1. The standard InChI is InChI=1S/C8H14N4/c1-12(2)8-7(6-11-9)4-3-5-10-8/h3-5,11H,6,9H2,1-2H3. The molecule has 0 atom stereocenters. The molecule has 0 bridgehead atoms. The summed E-state index contributed by atoms with van der Waals surface area (Å²) in [5.41, 5.74) is 3.71. The molecular formula is C8H14N4. The lowest BCUT2D eigenvalue weighted by Crippen LogP contribution is -2.23. The molecule has 0 spiro atoms. The van der Waals surface area contributed by atoms with E-state index in [0.29, 0.717) is 6.54 Å². The van der Waals surface area contributed by atoms with Crippen LogP contribution in [0.3, 0.4) is 0 Å². The van der Waals surface area contributed by atoms with Crippen LogP contribution in [0.25, 0.3) is 0 Å². The van der Waals surface area contributed by atoms with Gasteiger partial charge in [0.1, 0.15) is 5.82 Å². The van der Waals surface area contributed by atoms with E-state index in [1.54, 1.807) is 6.20 Å². The summed E-state index contributed by atoms with van der Waals surface area (Å²) in [7, 11) is 3.92. The molecule has 1 aromatic heterocycles. The fraction of sp³-hybridized carbons (Fsp3) is 0.375. The van der Waals surface area contributed by atoms with Crippen molar-refractivity contribution in [2.24, 2.45) is 5.84 Å². The van der Waals surface area contributed by atoms with Crippen LogP contribution in [0.4, 0.5) is 5.82 Å². The van der Waals surface area contributed by atoms with Crippen LogP contribution in [-0.2, 0) is 6.54 Å². The quantitative estimate of drug-likeness (QED) is 0.494. The maximum absolute atomic E-state index is 5.23. The zero-order valence-corrected chi connectivity index (χ0v) is 7.41. The molecule has 4 heteroatoms. The second-order valence-corrected chi connectivity index (χ2v) is 2.76. The Morgan fingerprint density at radius 1 is 1.58 bits per heavy atom. The number of pyridine rings is 1. The fourth-order valence-corrected chi connectivity index (χ4v) is 1.08. The lowest BCUT2D eigenvalue weighted by atomic mass is 10.2. The van der Waals surface area contributed by atoms with Crippen LogP contribution in [0.5, 0.6) is 0 Å². The summed E-state index contributed by atoms with van der Waals surface area (Å²) in [6.07, 6.45) is 1.77. The van der Waals surface area contributed by atoms with Crippen molar-refractivity contribution in [2.45, 2.75) is 6.54 Å². The first kappa shape index (κ1) is 8.96. The number of nitrogens with zero attached hydrogens (tertiary/aromatic N) is 2. The Morgan fingerprint density at radius 3 is 2.92 bits per heavy atom. The molecule has 0 aliphatic carbocycles. The molecule has 0 fully saturated rings. The van der Waals surface area contributed by atoms with E-state index in [1.807, 2.05) is 31.1 Å². The van der Waals surface area contributed by atoms with Crippen molar-refractivity contribution in [2.75, 3.05) is 19.0 Å². The van der Waals surface area contributed by atoms with Gasteiger partial charge in [0.05, 0.1) is 0 Å². The van der Waals surface area contributed by atoms with Crippen LogP contribution < -0.4 is 16.2 Å². The third kappa shape index (κ3) is 1.93. The van der Waals surface area contributed by atoms with Crippen LogP contribution in [0, 0.1) is 0 Å². The molecule has 0 radical (unpaired) electrons. The summed E-state index contributed by atoms with van der Waals surface area (Å²) in [5.74, 6) is 6.19. The molecule has 0 saturated carbocycles. The Bertz CT molecular complexity index is 247. The predicted octanol–water partition coefficient (Wildman–Crippen LogP) is 0.111. The van der Waals surface area contributed by atoms with E-state index in [4.69, 9.17) is 5.84 Å². The van der Waals surface area contributed by atoms with Crippen molar-refractivity contribution in [3.05, 3.63) is 23.9 Å². The van der Waals surface area contributed by atoms with Gasteiger partial charge in [-0.25, -0.2) is 4.98 Å². The number of hydrazine groups is 1. The number of nitrogens with one attached hydrogen (secondary N) is 1. The molecule has 1 rings (SSSR count). The Balaban J connectivity index is 2.92. The maximum Gasteiger partial charge on any atom is 0.132 e. The molecule has 4 nitrogen and oxygen atoms in total. The van der Waals surface area contributed by atoms with Crippen molar-refractivity contribution in [1.82, 2.24) is 10.4 Å². The van der Waals surface area contributed by atoms with Gasteiger partial charge >= 0.3 is 0 Å². The molecule has 0 aliphatic rings. The Kier molecular flexibility index (Phi) is 3.01. The van der Waals surface area contributed by atoms with E-state index < -0.39 is 0 Å². The maximum atomic E-state index is 5.23. The number of hydrogen-bond acceptors (Lipinski definition) is 4. The lowest BCUT2D eigenvalue weighted by Gasteiger charge is -2.14. The lowest BCUT2D eigenvalue weighted by molar-refractivity contribution is 0.736. The predicted molar refractivity (Wildman–Crippen MR) is 49.6 cm³/mol. The number of hydrogen-bond donors (Lipinski definition) is 2. The molecule has 3 N–H and O–H groups in total. The first-order valence-corrected chi connectivity index (χ1v) is 3.80. The molecule has 0 unspecified atom stereocenters. The van der Waals surface area contributed by atoms with Gasteiger partial charge in [0, 0.05) is 32.4 Å². The average Bonchev–Trinajstić information content (AvgIpc) is 2.05. The summed E-state index contributed by atoms with van der Waals surface area (Å²) in [6, 6.07) is 3.90. The summed E-state index contributed by atoms with van der Waals surface area (Å²) in [5, 5.41) is 0. The normalized spacial score (nSPS) is 9.92. The Labute approximate surface area is 72.4 Å². The monoisotopic (exact) mass is 166 g/mol. The number of rotatable bonds is 3. The third-order valence-corrected chi connectivity index (χ3v) is 1.58. The topological polar surface area (TPSA) is 54.2 Å². The minimum Gasteiger partial charge on any atom is -0.362 e. The molecular weight excluding hydrogens is 152 g/mol. The first-order chi connectivity index (χ1) is 5.75. The Morgan fingerprint density at radius 2 is 2.33 bits per heavy atom. The van der Waals surface area contributed by atoms with E-state index in [2.05, 4.69) is 10.4 Å². The summed E-state index contributed by atoms with van der Waals surface area (Å²) in [4.78, 5) is 6.19. The van der Waals surface area contributed by atoms with Gasteiger partial charge in [-0.3, -0.25) is 11.3 Å². The summed E-state index contributed by atoms with van der Waals surface area (Å²) >= 11 is 0. The van der Waals surface area contributed by atoms with Crippen molar-refractivity contribution < 1.29 is 0 Å². The molecule has 0 aliphatic heterocycles. The van der Waals surface area contributed by atoms with Gasteiger partial charge < -0.3 is 4.90 Å². The van der Waals surface area contributed by atoms with E-state index >= 15 is 0 Å². The fourth-order valence-electron chi connectivity index (χ4n) is 1.08. The van der Waals surface area contributed by atoms with Gasteiger partial charge in [0.2, 0.25) is 0 Å². The number of nitrogens with two attached hydrogens (primary N) is 1. The van der Waals surface area contributed by atoms with Gasteiger partial charge in [-0.2, -0.15) is 0 Å².